The van der Waals surface area contributed by atoms with Crippen LogP contribution < -0.4 is 5.32 Å². The number of nitrogens with one attached hydrogen (secondary N) is 1. The number of ether oxygens (including phenoxy) is 3. The molecule has 1 aromatic rings. The molecule has 1 aromatic carbocycles. The van der Waals surface area contributed by atoms with Gasteiger partial charge in [0.2, 0.25) is 18.0 Å². The van der Waals surface area contributed by atoms with Gasteiger partial charge in [-0.05, 0) is 50.5 Å². The molecule has 0 aromatic heterocycles. The Hall–Kier alpha value is -2.00. The molecule has 4 saturated heterocycles. The monoisotopic (exact) mass is 487 g/mol. The summed E-state index contributed by atoms with van der Waals surface area (Å²) in [5.74, 6) is -0.812. The third-order valence-electron chi connectivity index (χ3n) is 8.58. The van der Waals surface area contributed by atoms with Crippen molar-refractivity contribution in [2.45, 2.75) is 96.2 Å². The number of rotatable bonds is 6. The Kier molecular flexibility index (Phi) is 6.68. The summed E-state index contributed by atoms with van der Waals surface area (Å²) in [4.78, 5) is 37.1. The Morgan fingerprint density at radius 3 is 2.63 bits per heavy atom. The summed E-state index contributed by atoms with van der Waals surface area (Å²) in [5, 5.41) is 2.93. The molecule has 1 spiro atoms. The van der Waals surface area contributed by atoms with Gasteiger partial charge in [-0.1, -0.05) is 44.2 Å². The van der Waals surface area contributed by atoms with Crippen LogP contribution in [0.4, 0.5) is 0 Å². The highest BCUT2D eigenvalue weighted by Gasteiger charge is 2.69. The second-order valence-corrected chi connectivity index (χ2v) is 11.0. The minimum Gasteiger partial charge on any atom is -0.435 e. The largest absolute Gasteiger partial charge is 0.435 e. The topological polar surface area (TPSA) is 92.3 Å². The Morgan fingerprint density at radius 2 is 1.86 bits per heavy atom. The van der Waals surface area contributed by atoms with Crippen LogP contribution in [0.15, 0.2) is 30.3 Å². The Bertz CT molecular complexity index is 941. The predicted molar refractivity (Wildman–Crippen MR) is 125 cm³/mol. The fraction of sp³-hybridized carbons (Fsp3) is 0.704. The van der Waals surface area contributed by atoms with E-state index in [-0.39, 0.29) is 42.5 Å². The quantitative estimate of drug-likeness (QED) is 0.470. The molecule has 5 fully saturated rings. The van der Waals surface area contributed by atoms with Crippen LogP contribution in [0.5, 0.6) is 0 Å². The fourth-order valence-corrected chi connectivity index (χ4v) is 6.55. The van der Waals surface area contributed by atoms with Crippen molar-refractivity contribution in [2.75, 3.05) is 0 Å². The third-order valence-corrected chi connectivity index (χ3v) is 8.58. The molecular formula is C27H37NO7. The lowest BCUT2D eigenvalue weighted by molar-refractivity contribution is -0.576. The van der Waals surface area contributed by atoms with E-state index < -0.39 is 29.9 Å². The van der Waals surface area contributed by atoms with Crippen molar-refractivity contribution in [3.05, 3.63) is 35.9 Å². The lowest BCUT2D eigenvalue weighted by atomic mass is 9.58. The highest BCUT2D eigenvalue weighted by molar-refractivity contribution is 5.81. The molecule has 1 saturated carbocycles. The average Bonchev–Trinajstić information content (AvgIpc) is 3.07. The molecule has 192 valence electrons. The first kappa shape index (κ1) is 24.7. The van der Waals surface area contributed by atoms with E-state index in [1.165, 1.54) is 0 Å². The summed E-state index contributed by atoms with van der Waals surface area (Å²) < 4.78 is 18.4. The van der Waals surface area contributed by atoms with Gasteiger partial charge in [0, 0.05) is 24.7 Å². The summed E-state index contributed by atoms with van der Waals surface area (Å²) in [6.07, 6.45) is 2.30. The minimum absolute atomic E-state index is 0.0156. The standard InChI is InChI=1S/C27H37NO7/c1-16-10-11-21-17(2)24(32-25-27(21)20(16)14-15-26(4,33-25)34-35-27)31-23(30)13-12-22(29)28-18(3)19-8-6-5-7-9-19/h5-9,16-18,20-21,24-25H,10-15H2,1-4H3,(H,28,29)/t16-,17-,18-,20+,21+,24-,25-,26+,27-/m1/s1. The van der Waals surface area contributed by atoms with Crippen LogP contribution in [0.3, 0.4) is 0 Å². The summed E-state index contributed by atoms with van der Waals surface area (Å²) in [6, 6.07) is 9.58. The van der Waals surface area contributed by atoms with Gasteiger partial charge < -0.3 is 19.5 Å². The van der Waals surface area contributed by atoms with Crippen LogP contribution in [0, 0.1) is 23.7 Å². The zero-order valence-corrected chi connectivity index (χ0v) is 21.0. The summed E-state index contributed by atoms with van der Waals surface area (Å²) in [6.45, 7) is 8.09. The van der Waals surface area contributed by atoms with Gasteiger partial charge in [0.25, 0.3) is 0 Å². The molecule has 6 rings (SSSR count). The Balaban J connectivity index is 1.21. The zero-order chi connectivity index (χ0) is 24.8. The maximum Gasteiger partial charge on any atom is 0.308 e. The van der Waals surface area contributed by atoms with E-state index in [1.807, 2.05) is 51.1 Å². The highest BCUT2D eigenvalue weighted by atomic mass is 17.3. The third kappa shape index (κ3) is 4.50. The molecule has 35 heavy (non-hydrogen) atoms. The van der Waals surface area contributed by atoms with Crippen molar-refractivity contribution in [2.24, 2.45) is 23.7 Å². The minimum atomic E-state index is -0.875. The van der Waals surface area contributed by atoms with Gasteiger partial charge in [-0.15, -0.1) is 0 Å². The van der Waals surface area contributed by atoms with Crippen LogP contribution in [-0.2, 0) is 33.6 Å². The normalized spacial score (nSPS) is 40.8. The molecule has 2 bridgehead atoms. The van der Waals surface area contributed by atoms with Crippen LogP contribution in [0.1, 0.15) is 77.8 Å². The SMILES string of the molecule is C[C@H]1[C@H](OC(=O)CCC(=O)N[C@H](C)c2ccccc2)O[C@@H]2O[C@]3(C)CC[C@H]4[C@H](C)CC[C@@H]1[C@@]24OO3. The van der Waals surface area contributed by atoms with Crippen LogP contribution in [-0.4, -0.2) is 35.8 Å². The van der Waals surface area contributed by atoms with Gasteiger partial charge in [0.05, 0.1) is 12.5 Å². The number of amides is 1. The summed E-state index contributed by atoms with van der Waals surface area (Å²) in [7, 11) is 0. The van der Waals surface area contributed by atoms with E-state index in [0.29, 0.717) is 5.92 Å². The predicted octanol–water partition coefficient (Wildman–Crippen LogP) is 4.40. The molecule has 8 heteroatoms. The smallest absolute Gasteiger partial charge is 0.308 e. The second kappa shape index (κ2) is 9.47. The summed E-state index contributed by atoms with van der Waals surface area (Å²) in [5.41, 5.74) is 0.322. The number of benzene rings is 1. The molecule has 1 aliphatic carbocycles. The van der Waals surface area contributed by atoms with Gasteiger partial charge in [-0.25, -0.2) is 9.78 Å². The zero-order valence-electron chi connectivity index (χ0n) is 21.0. The fourth-order valence-electron chi connectivity index (χ4n) is 6.55. The molecular weight excluding hydrogens is 450 g/mol. The lowest BCUT2D eigenvalue weighted by Gasteiger charge is -2.59. The van der Waals surface area contributed by atoms with Crippen molar-refractivity contribution < 1.29 is 33.6 Å². The molecule has 1 N–H and O–H groups in total. The molecule has 5 aliphatic rings. The van der Waals surface area contributed by atoms with E-state index >= 15 is 0 Å². The van der Waals surface area contributed by atoms with Crippen molar-refractivity contribution >= 4 is 11.9 Å². The van der Waals surface area contributed by atoms with Gasteiger partial charge in [0.15, 0.2) is 11.9 Å². The number of fused-ring (bicyclic) bond motifs is 2. The molecule has 4 aliphatic heterocycles. The van der Waals surface area contributed by atoms with Gasteiger partial charge in [-0.3, -0.25) is 9.59 Å². The number of hydrogen-bond acceptors (Lipinski definition) is 7. The first-order chi connectivity index (χ1) is 16.7. The van der Waals surface area contributed by atoms with E-state index in [2.05, 4.69) is 12.2 Å². The van der Waals surface area contributed by atoms with Crippen molar-refractivity contribution in [1.29, 1.82) is 0 Å². The van der Waals surface area contributed by atoms with E-state index in [1.54, 1.807) is 0 Å². The average molecular weight is 488 g/mol. The van der Waals surface area contributed by atoms with Crippen molar-refractivity contribution in [3.8, 4) is 0 Å². The van der Waals surface area contributed by atoms with Crippen LogP contribution >= 0.6 is 0 Å². The molecule has 9 atom stereocenters. The number of esters is 1. The molecule has 0 radical (unpaired) electrons. The maximum atomic E-state index is 12.7. The molecule has 4 heterocycles. The lowest BCUT2D eigenvalue weighted by Crippen LogP contribution is -2.70. The van der Waals surface area contributed by atoms with E-state index in [0.717, 1.165) is 31.2 Å². The molecule has 8 nitrogen and oxygen atoms in total. The van der Waals surface area contributed by atoms with Gasteiger partial charge >= 0.3 is 5.97 Å². The Labute approximate surface area is 206 Å². The van der Waals surface area contributed by atoms with Gasteiger partial charge in [0.1, 0.15) is 0 Å². The number of carbonyl (C=O) groups is 2. The summed E-state index contributed by atoms with van der Waals surface area (Å²) >= 11 is 0. The molecule has 1 amide bonds. The highest BCUT2D eigenvalue weighted by Crippen LogP contribution is 2.60. The van der Waals surface area contributed by atoms with E-state index in [9.17, 15) is 9.59 Å². The first-order valence-corrected chi connectivity index (χ1v) is 13.0. The van der Waals surface area contributed by atoms with Crippen LogP contribution in [0.25, 0.3) is 0 Å². The van der Waals surface area contributed by atoms with Gasteiger partial charge in [-0.2, -0.15) is 0 Å². The number of carbonyl (C=O) groups excluding carboxylic acids is 2. The first-order valence-electron chi connectivity index (χ1n) is 13.0. The number of hydrogen-bond donors (Lipinski definition) is 1. The Morgan fingerprint density at radius 1 is 1.09 bits per heavy atom. The van der Waals surface area contributed by atoms with Crippen molar-refractivity contribution in [1.82, 2.24) is 5.32 Å². The van der Waals surface area contributed by atoms with E-state index in [4.69, 9.17) is 24.0 Å². The maximum absolute atomic E-state index is 12.7. The van der Waals surface area contributed by atoms with Crippen molar-refractivity contribution in [3.63, 3.8) is 0 Å². The molecule has 0 unspecified atom stereocenters. The van der Waals surface area contributed by atoms with Crippen LogP contribution in [0.2, 0.25) is 0 Å². The second-order valence-electron chi connectivity index (χ2n) is 11.0.